The van der Waals surface area contributed by atoms with Gasteiger partial charge in [0.2, 0.25) is 0 Å². The third-order valence-electron chi connectivity index (χ3n) is 3.12. The second-order valence-electron chi connectivity index (χ2n) is 4.60. The quantitative estimate of drug-likeness (QED) is 0.759. The number of rotatable bonds is 6. The molecule has 2 rings (SSSR count). The highest BCUT2D eigenvalue weighted by Gasteiger charge is 2.13. The van der Waals surface area contributed by atoms with Crippen molar-refractivity contribution in [2.45, 2.75) is 6.42 Å². The Balaban J connectivity index is 2.13. The van der Waals surface area contributed by atoms with E-state index in [1.165, 1.54) is 0 Å². The first-order chi connectivity index (χ1) is 10.2. The summed E-state index contributed by atoms with van der Waals surface area (Å²) < 4.78 is 0. The van der Waals surface area contributed by atoms with Crippen molar-refractivity contribution in [3.05, 3.63) is 65.2 Å². The van der Waals surface area contributed by atoms with Gasteiger partial charge in [-0.3, -0.25) is 4.79 Å². The molecule has 2 aromatic rings. The molecule has 0 saturated carbocycles. The molecule has 0 aliphatic rings. The number of anilines is 1. The Morgan fingerprint density at radius 1 is 1.10 bits per heavy atom. The molecule has 0 radical (unpaired) electrons. The lowest BCUT2D eigenvalue weighted by molar-refractivity contribution is 0.0999. The molecule has 0 saturated heterocycles. The highest BCUT2D eigenvalue weighted by atomic mass is 35.5. The Morgan fingerprint density at radius 2 is 1.76 bits per heavy atom. The summed E-state index contributed by atoms with van der Waals surface area (Å²) in [6.07, 6.45) is 0.378. The van der Waals surface area contributed by atoms with E-state index in [-0.39, 0.29) is 12.3 Å². The van der Waals surface area contributed by atoms with Gasteiger partial charge < -0.3 is 4.90 Å². The first-order valence-corrected chi connectivity index (χ1v) is 7.04. The van der Waals surface area contributed by atoms with Crippen LogP contribution >= 0.6 is 11.6 Å². The number of ketones is 1. The van der Waals surface area contributed by atoms with E-state index in [2.05, 4.69) is 6.07 Å². The van der Waals surface area contributed by atoms with Gasteiger partial charge in [0, 0.05) is 22.8 Å². The average Bonchev–Trinajstić information content (AvgIpc) is 2.52. The molecular formula is C17H15ClN2O. The molecule has 0 atom stereocenters. The summed E-state index contributed by atoms with van der Waals surface area (Å²) in [5.41, 5.74) is 1.56. The van der Waals surface area contributed by atoms with Gasteiger partial charge in [-0.2, -0.15) is 5.26 Å². The number of nitriles is 1. The van der Waals surface area contributed by atoms with Gasteiger partial charge in [-0.05, 0) is 36.4 Å². The molecule has 0 aliphatic carbocycles. The zero-order chi connectivity index (χ0) is 15.1. The fourth-order valence-corrected chi connectivity index (χ4v) is 2.15. The van der Waals surface area contributed by atoms with Crippen LogP contribution in [0, 0.1) is 11.3 Å². The lowest BCUT2D eigenvalue weighted by Gasteiger charge is -2.23. The van der Waals surface area contributed by atoms with Gasteiger partial charge in [-0.15, -0.1) is 0 Å². The Kier molecular flexibility index (Phi) is 5.36. The van der Waals surface area contributed by atoms with Crippen molar-refractivity contribution in [1.82, 2.24) is 0 Å². The molecule has 21 heavy (non-hydrogen) atoms. The number of hydrogen-bond donors (Lipinski definition) is 0. The first kappa shape index (κ1) is 15.1. The number of para-hydroxylation sites is 1. The van der Waals surface area contributed by atoms with Gasteiger partial charge in [-0.1, -0.05) is 29.8 Å². The van der Waals surface area contributed by atoms with Crippen molar-refractivity contribution in [2.24, 2.45) is 0 Å². The van der Waals surface area contributed by atoms with Crippen molar-refractivity contribution < 1.29 is 4.79 Å². The molecule has 106 valence electrons. The van der Waals surface area contributed by atoms with Gasteiger partial charge in [0.05, 0.1) is 19.0 Å². The third-order valence-corrected chi connectivity index (χ3v) is 3.37. The van der Waals surface area contributed by atoms with Crippen LogP contribution in [-0.2, 0) is 0 Å². The number of carbonyl (C=O) groups excluding carboxylic acids is 1. The molecule has 0 spiro atoms. The number of nitrogens with zero attached hydrogens (tertiary/aromatic N) is 2. The standard InChI is InChI=1S/C17H15ClN2O/c18-15-9-7-14(8-10-15)17(21)13-20(12-4-11-19)16-5-2-1-3-6-16/h1-3,5-10H,4,12-13H2. The largest absolute Gasteiger partial charge is 0.363 e. The van der Waals surface area contributed by atoms with Crippen LogP contribution in [0.3, 0.4) is 0 Å². The maximum absolute atomic E-state index is 12.3. The van der Waals surface area contributed by atoms with E-state index in [0.717, 1.165) is 5.69 Å². The van der Waals surface area contributed by atoms with Crippen LogP contribution in [0.5, 0.6) is 0 Å². The number of halogens is 1. The molecule has 0 aliphatic heterocycles. The molecule has 2 aromatic carbocycles. The zero-order valence-electron chi connectivity index (χ0n) is 11.5. The number of carbonyl (C=O) groups is 1. The number of Topliss-reactive ketones (excluding diaryl/α,β-unsaturated/α-hetero) is 1. The van der Waals surface area contributed by atoms with Gasteiger partial charge in [0.25, 0.3) is 0 Å². The minimum absolute atomic E-state index is 0.00783. The lowest BCUT2D eigenvalue weighted by Crippen LogP contribution is -2.30. The summed E-state index contributed by atoms with van der Waals surface area (Å²) in [5.74, 6) is 0.00783. The Bertz CT molecular complexity index is 632. The molecular weight excluding hydrogens is 284 g/mol. The predicted molar refractivity (Wildman–Crippen MR) is 84.7 cm³/mol. The van der Waals surface area contributed by atoms with Crippen LogP contribution in [0.4, 0.5) is 5.69 Å². The van der Waals surface area contributed by atoms with E-state index in [0.29, 0.717) is 23.6 Å². The molecule has 3 nitrogen and oxygen atoms in total. The normalized spacial score (nSPS) is 9.90. The van der Waals surface area contributed by atoms with Gasteiger partial charge in [-0.25, -0.2) is 0 Å². The Labute approximate surface area is 129 Å². The minimum atomic E-state index is 0.00783. The maximum atomic E-state index is 12.3. The summed E-state index contributed by atoms with van der Waals surface area (Å²) >= 11 is 5.83. The smallest absolute Gasteiger partial charge is 0.182 e. The molecule has 0 heterocycles. The van der Waals surface area contributed by atoms with Crippen molar-refractivity contribution in [3.63, 3.8) is 0 Å². The summed E-state index contributed by atoms with van der Waals surface area (Å²) in [6, 6.07) is 18.6. The molecule has 0 aromatic heterocycles. The number of hydrogen-bond acceptors (Lipinski definition) is 3. The van der Waals surface area contributed by atoms with Crippen LogP contribution in [0.25, 0.3) is 0 Å². The summed E-state index contributed by atoms with van der Waals surface area (Å²) in [5, 5.41) is 9.37. The van der Waals surface area contributed by atoms with Crippen LogP contribution in [0.2, 0.25) is 5.02 Å². The molecule has 0 unspecified atom stereocenters. The molecule has 4 heteroatoms. The monoisotopic (exact) mass is 298 g/mol. The van der Waals surface area contributed by atoms with Crippen molar-refractivity contribution in [2.75, 3.05) is 18.0 Å². The Morgan fingerprint density at radius 3 is 2.38 bits per heavy atom. The second kappa shape index (κ2) is 7.47. The van der Waals surface area contributed by atoms with Gasteiger partial charge in [0.1, 0.15) is 0 Å². The van der Waals surface area contributed by atoms with Gasteiger partial charge >= 0.3 is 0 Å². The van der Waals surface area contributed by atoms with Crippen LogP contribution in [-0.4, -0.2) is 18.9 Å². The van der Waals surface area contributed by atoms with Crippen molar-refractivity contribution >= 4 is 23.1 Å². The number of benzene rings is 2. The van der Waals surface area contributed by atoms with E-state index < -0.39 is 0 Å². The average molecular weight is 299 g/mol. The first-order valence-electron chi connectivity index (χ1n) is 6.66. The third kappa shape index (κ3) is 4.34. The van der Waals surface area contributed by atoms with Crippen molar-refractivity contribution in [1.29, 1.82) is 5.26 Å². The van der Waals surface area contributed by atoms with E-state index in [1.807, 2.05) is 35.2 Å². The highest BCUT2D eigenvalue weighted by Crippen LogP contribution is 2.16. The molecule has 0 amide bonds. The fourth-order valence-electron chi connectivity index (χ4n) is 2.02. The van der Waals surface area contributed by atoms with E-state index >= 15 is 0 Å². The summed E-state index contributed by atoms with van der Waals surface area (Å²) in [7, 11) is 0. The van der Waals surface area contributed by atoms with Crippen LogP contribution in [0.1, 0.15) is 16.8 Å². The molecule has 0 N–H and O–H groups in total. The summed E-state index contributed by atoms with van der Waals surface area (Å²) in [4.78, 5) is 14.3. The van der Waals surface area contributed by atoms with Crippen LogP contribution in [0.15, 0.2) is 54.6 Å². The fraction of sp³-hybridized carbons (Fsp3) is 0.176. The van der Waals surface area contributed by atoms with Crippen molar-refractivity contribution in [3.8, 4) is 6.07 Å². The second-order valence-corrected chi connectivity index (χ2v) is 5.03. The minimum Gasteiger partial charge on any atom is -0.363 e. The van der Waals surface area contributed by atoms with E-state index in [1.54, 1.807) is 24.3 Å². The van der Waals surface area contributed by atoms with E-state index in [4.69, 9.17) is 16.9 Å². The summed E-state index contributed by atoms with van der Waals surface area (Å²) in [6.45, 7) is 0.771. The lowest BCUT2D eigenvalue weighted by atomic mass is 10.1. The van der Waals surface area contributed by atoms with Crippen LogP contribution < -0.4 is 4.90 Å². The SMILES string of the molecule is N#CCCN(CC(=O)c1ccc(Cl)cc1)c1ccccc1. The molecule has 0 bridgehead atoms. The molecule has 0 fully saturated rings. The predicted octanol–water partition coefficient (Wildman–Crippen LogP) is 3.94. The maximum Gasteiger partial charge on any atom is 0.182 e. The highest BCUT2D eigenvalue weighted by molar-refractivity contribution is 6.30. The zero-order valence-corrected chi connectivity index (χ0v) is 12.3. The van der Waals surface area contributed by atoms with E-state index in [9.17, 15) is 4.79 Å². The topological polar surface area (TPSA) is 44.1 Å². The Hall–Kier alpha value is -2.31. The van der Waals surface area contributed by atoms with Gasteiger partial charge in [0.15, 0.2) is 5.78 Å².